The molecule has 14 heavy (non-hydrogen) atoms. The number of hydrogen-bond donors (Lipinski definition) is 1. The van der Waals surface area contributed by atoms with Crippen molar-refractivity contribution in [1.82, 2.24) is 14.8 Å². The molecule has 0 aliphatic heterocycles. The highest BCUT2D eigenvalue weighted by Crippen LogP contribution is 2.38. The maximum absolute atomic E-state index is 5.24. The first-order valence-electron chi connectivity index (χ1n) is 5.28. The third-order valence-electron chi connectivity index (χ3n) is 3.05. The Hall–Kier alpha value is -0.640. The van der Waals surface area contributed by atoms with Gasteiger partial charge in [-0.15, -0.1) is 0 Å². The molecule has 2 rings (SSSR count). The third-order valence-corrected chi connectivity index (χ3v) is 3.34. The van der Waals surface area contributed by atoms with Gasteiger partial charge in [0, 0.05) is 12.0 Å². The topological polar surface area (TPSA) is 33.6 Å². The van der Waals surface area contributed by atoms with Crippen molar-refractivity contribution in [2.45, 2.75) is 45.6 Å². The van der Waals surface area contributed by atoms with Crippen LogP contribution in [0.3, 0.4) is 0 Å². The smallest absolute Gasteiger partial charge is 0.195 e. The zero-order valence-electron chi connectivity index (χ0n) is 8.95. The zero-order chi connectivity index (χ0) is 10.3. The Labute approximate surface area is 89.5 Å². The average Bonchev–Trinajstić information content (AvgIpc) is 2.89. The van der Waals surface area contributed by atoms with Gasteiger partial charge in [-0.05, 0) is 31.0 Å². The van der Waals surface area contributed by atoms with E-state index in [1.165, 1.54) is 12.8 Å². The molecule has 0 radical (unpaired) electrons. The van der Waals surface area contributed by atoms with Gasteiger partial charge in [0.2, 0.25) is 0 Å². The van der Waals surface area contributed by atoms with Crippen LogP contribution in [0.2, 0.25) is 0 Å². The maximum Gasteiger partial charge on any atom is 0.195 e. The van der Waals surface area contributed by atoms with Gasteiger partial charge in [0.25, 0.3) is 0 Å². The summed E-state index contributed by atoms with van der Waals surface area (Å²) in [7, 11) is 0. The molecule has 0 aromatic carbocycles. The molecule has 1 atom stereocenters. The molecule has 0 saturated heterocycles. The Kier molecular flexibility index (Phi) is 2.47. The van der Waals surface area contributed by atoms with Gasteiger partial charge in [0.1, 0.15) is 5.82 Å². The number of hydrogen-bond acceptors (Lipinski definition) is 2. The maximum atomic E-state index is 5.24. The van der Waals surface area contributed by atoms with Crippen LogP contribution in [0.15, 0.2) is 0 Å². The Balaban J connectivity index is 2.37. The second-order valence-electron chi connectivity index (χ2n) is 4.52. The summed E-state index contributed by atoms with van der Waals surface area (Å²) in [6, 6.07) is 0.623. The second-order valence-corrected chi connectivity index (χ2v) is 4.91. The van der Waals surface area contributed by atoms with Crippen molar-refractivity contribution in [3.63, 3.8) is 0 Å². The fraction of sp³-hybridized carbons (Fsp3) is 0.800. The van der Waals surface area contributed by atoms with Crippen LogP contribution >= 0.6 is 12.2 Å². The SMILES string of the molecule is CC(C)C(C)c1n[nH]c(=S)n1C1CC1. The van der Waals surface area contributed by atoms with Crippen molar-refractivity contribution in [2.75, 3.05) is 0 Å². The molecular weight excluding hydrogens is 194 g/mol. The summed E-state index contributed by atoms with van der Waals surface area (Å²) in [5.74, 6) is 2.22. The molecule has 1 aliphatic carbocycles. The first-order valence-corrected chi connectivity index (χ1v) is 5.69. The molecule has 4 heteroatoms. The highest BCUT2D eigenvalue weighted by Gasteiger charge is 2.29. The molecule has 1 fully saturated rings. The fourth-order valence-corrected chi connectivity index (χ4v) is 1.91. The lowest BCUT2D eigenvalue weighted by molar-refractivity contribution is 0.483. The quantitative estimate of drug-likeness (QED) is 0.780. The molecule has 1 saturated carbocycles. The molecule has 1 heterocycles. The van der Waals surface area contributed by atoms with E-state index in [4.69, 9.17) is 12.2 Å². The number of aromatic nitrogens is 3. The summed E-state index contributed by atoms with van der Waals surface area (Å²) in [5.41, 5.74) is 0. The predicted octanol–water partition coefficient (Wildman–Crippen LogP) is 3.04. The number of rotatable bonds is 3. The Bertz CT molecular complexity index is 373. The Morgan fingerprint density at radius 2 is 2.07 bits per heavy atom. The standard InChI is InChI=1S/C10H17N3S/c1-6(2)7(3)9-11-12-10(14)13(9)8-4-5-8/h6-8H,4-5H2,1-3H3,(H,12,14). The van der Waals surface area contributed by atoms with Gasteiger partial charge in [-0.2, -0.15) is 5.10 Å². The van der Waals surface area contributed by atoms with Gasteiger partial charge >= 0.3 is 0 Å². The monoisotopic (exact) mass is 211 g/mol. The van der Waals surface area contributed by atoms with Gasteiger partial charge in [0.05, 0.1) is 0 Å². The highest BCUT2D eigenvalue weighted by atomic mass is 32.1. The van der Waals surface area contributed by atoms with E-state index in [1.807, 2.05) is 0 Å². The summed E-state index contributed by atoms with van der Waals surface area (Å²) < 4.78 is 3.00. The molecule has 1 aliphatic rings. The first-order chi connectivity index (χ1) is 6.61. The van der Waals surface area contributed by atoms with E-state index in [1.54, 1.807) is 0 Å². The summed E-state index contributed by atoms with van der Waals surface area (Å²) >= 11 is 5.24. The molecule has 1 aromatic heterocycles. The largest absolute Gasteiger partial charge is 0.301 e. The zero-order valence-corrected chi connectivity index (χ0v) is 9.77. The van der Waals surface area contributed by atoms with Gasteiger partial charge in [-0.25, -0.2) is 0 Å². The highest BCUT2D eigenvalue weighted by molar-refractivity contribution is 7.71. The van der Waals surface area contributed by atoms with Crippen molar-refractivity contribution in [2.24, 2.45) is 5.92 Å². The van der Waals surface area contributed by atoms with Crippen LogP contribution < -0.4 is 0 Å². The van der Waals surface area contributed by atoms with Crippen molar-refractivity contribution in [1.29, 1.82) is 0 Å². The average molecular weight is 211 g/mol. The van der Waals surface area contributed by atoms with E-state index in [9.17, 15) is 0 Å². The molecule has 78 valence electrons. The van der Waals surface area contributed by atoms with Crippen LogP contribution in [0.25, 0.3) is 0 Å². The van der Waals surface area contributed by atoms with Gasteiger partial charge in [-0.1, -0.05) is 20.8 Å². The van der Waals surface area contributed by atoms with Crippen LogP contribution in [0.4, 0.5) is 0 Å². The second kappa shape index (κ2) is 3.50. The minimum absolute atomic E-state index is 0.476. The molecule has 0 bridgehead atoms. The molecule has 1 unspecified atom stereocenters. The number of nitrogens with one attached hydrogen (secondary N) is 1. The van der Waals surface area contributed by atoms with Crippen molar-refractivity contribution >= 4 is 12.2 Å². The molecule has 0 spiro atoms. The molecule has 3 nitrogen and oxygen atoms in total. The lowest BCUT2D eigenvalue weighted by Crippen LogP contribution is -2.10. The number of H-pyrrole nitrogens is 1. The van der Waals surface area contributed by atoms with E-state index >= 15 is 0 Å². The molecule has 1 N–H and O–H groups in total. The van der Waals surface area contributed by atoms with E-state index in [-0.39, 0.29) is 0 Å². The van der Waals surface area contributed by atoms with Crippen LogP contribution in [0, 0.1) is 10.7 Å². The van der Waals surface area contributed by atoms with E-state index in [0.717, 1.165) is 10.6 Å². The fourth-order valence-electron chi connectivity index (χ4n) is 1.62. The van der Waals surface area contributed by atoms with Gasteiger partial charge < -0.3 is 4.57 Å². The first kappa shape index (κ1) is 9.90. The predicted molar refractivity (Wildman–Crippen MR) is 58.9 cm³/mol. The van der Waals surface area contributed by atoms with E-state index in [2.05, 4.69) is 35.5 Å². The summed E-state index contributed by atoms with van der Waals surface area (Å²) in [4.78, 5) is 0. The third kappa shape index (κ3) is 1.63. The number of nitrogens with zero attached hydrogens (tertiary/aromatic N) is 2. The minimum Gasteiger partial charge on any atom is -0.301 e. The van der Waals surface area contributed by atoms with Crippen LogP contribution in [-0.4, -0.2) is 14.8 Å². The Morgan fingerprint density at radius 3 is 2.57 bits per heavy atom. The molecular formula is C10H17N3S. The van der Waals surface area contributed by atoms with Crippen molar-refractivity contribution in [3.05, 3.63) is 10.6 Å². The van der Waals surface area contributed by atoms with Crippen LogP contribution in [0.5, 0.6) is 0 Å². The lowest BCUT2D eigenvalue weighted by Gasteiger charge is -2.15. The van der Waals surface area contributed by atoms with Gasteiger partial charge in [-0.3, -0.25) is 5.10 Å². The van der Waals surface area contributed by atoms with Crippen LogP contribution in [0.1, 0.15) is 51.4 Å². The summed E-state index contributed by atoms with van der Waals surface area (Å²) in [6.45, 7) is 6.66. The summed E-state index contributed by atoms with van der Waals surface area (Å²) in [6.07, 6.45) is 2.51. The lowest BCUT2D eigenvalue weighted by atomic mass is 9.97. The van der Waals surface area contributed by atoms with Gasteiger partial charge in [0.15, 0.2) is 4.77 Å². The van der Waals surface area contributed by atoms with E-state index in [0.29, 0.717) is 17.9 Å². The molecule has 1 aromatic rings. The summed E-state index contributed by atoms with van der Waals surface area (Å²) in [5, 5.41) is 7.25. The van der Waals surface area contributed by atoms with Crippen molar-refractivity contribution < 1.29 is 0 Å². The number of aromatic amines is 1. The molecule has 0 amide bonds. The Morgan fingerprint density at radius 1 is 1.43 bits per heavy atom. The van der Waals surface area contributed by atoms with E-state index < -0.39 is 0 Å². The normalized spacial score (nSPS) is 18.9. The van der Waals surface area contributed by atoms with Crippen molar-refractivity contribution in [3.8, 4) is 0 Å². The van der Waals surface area contributed by atoms with Crippen LogP contribution in [-0.2, 0) is 0 Å². The minimum atomic E-state index is 0.476.